The van der Waals surface area contributed by atoms with Crippen molar-refractivity contribution in [3.8, 4) is 5.75 Å². The summed E-state index contributed by atoms with van der Waals surface area (Å²) < 4.78 is 10.9. The molecule has 1 aromatic carbocycles. The minimum Gasteiger partial charge on any atom is -0.493 e. The van der Waals surface area contributed by atoms with E-state index in [2.05, 4.69) is 35.5 Å². The molecule has 5 heteroatoms. The summed E-state index contributed by atoms with van der Waals surface area (Å²) in [6.07, 6.45) is 0. The summed E-state index contributed by atoms with van der Waals surface area (Å²) in [4.78, 5) is 4.18. The summed E-state index contributed by atoms with van der Waals surface area (Å²) in [6, 6.07) is 8.07. The minimum absolute atomic E-state index is 0.509. The summed E-state index contributed by atoms with van der Waals surface area (Å²) in [5.41, 5.74) is 1.12. The van der Waals surface area contributed by atoms with Crippen LogP contribution in [0, 0.1) is 5.92 Å². The van der Waals surface area contributed by atoms with Gasteiger partial charge in [0, 0.05) is 32.8 Å². The third-order valence-electron chi connectivity index (χ3n) is 2.81. The first-order valence-corrected chi connectivity index (χ1v) is 7.31. The lowest BCUT2D eigenvalue weighted by Gasteiger charge is -2.15. The van der Waals surface area contributed by atoms with Crippen molar-refractivity contribution in [2.24, 2.45) is 10.9 Å². The average Bonchev–Trinajstić information content (AvgIpc) is 2.49. The Bertz CT molecular complexity index is 433. The number of aliphatic imine (C=N–C) groups is 1. The first kappa shape index (κ1) is 17.3. The van der Waals surface area contributed by atoms with Crippen molar-refractivity contribution < 1.29 is 9.47 Å². The molecule has 0 unspecified atom stereocenters. The number of nitrogens with zero attached hydrogens (tertiary/aromatic N) is 1. The van der Waals surface area contributed by atoms with Crippen LogP contribution in [0.15, 0.2) is 29.3 Å². The fourth-order valence-electron chi connectivity index (χ4n) is 1.72. The van der Waals surface area contributed by atoms with Crippen molar-refractivity contribution in [2.45, 2.75) is 20.4 Å². The third-order valence-corrected chi connectivity index (χ3v) is 2.81. The number of hydrogen-bond donors (Lipinski definition) is 2. The molecule has 0 heterocycles. The summed E-state index contributed by atoms with van der Waals surface area (Å²) >= 11 is 0. The number of ether oxygens (including phenoxy) is 2. The Morgan fingerprint density at radius 2 is 2.00 bits per heavy atom. The Hall–Kier alpha value is -1.75. The first-order chi connectivity index (χ1) is 10.2. The van der Waals surface area contributed by atoms with Crippen molar-refractivity contribution in [2.75, 3.05) is 33.9 Å². The Morgan fingerprint density at radius 1 is 1.24 bits per heavy atom. The van der Waals surface area contributed by atoms with Crippen LogP contribution < -0.4 is 15.4 Å². The van der Waals surface area contributed by atoms with Gasteiger partial charge < -0.3 is 20.1 Å². The summed E-state index contributed by atoms with van der Waals surface area (Å²) in [5.74, 6) is 2.19. The van der Waals surface area contributed by atoms with E-state index in [0.717, 1.165) is 30.4 Å². The van der Waals surface area contributed by atoms with Gasteiger partial charge in [0.05, 0.1) is 13.2 Å². The maximum absolute atomic E-state index is 5.84. The maximum Gasteiger partial charge on any atom is 0.191 e. The highest BCUT2D eigenvalue weighted by atomic mass is 16.5. The largest absolute Gasteiger partial charge is 0.493 e. The van der Waals surface area contributed by atoms with Crippen LogP contribution in [0.25, 0.3) is 0 Å². The Morgan fingerprint density at radius 3 is 2.67 bits per heavy atom. The second-order valence-electron chi connectivity index (χ2n) is 5.16. The van der Waals surface area contributed by atoms with Crippen molar-refractivity contribution in [1.29, 1.82) is 0 Å². The van der Waals surface area contributed by atoms with E-state index in [0.29, 0.717) is 19.1 Å². The van der Waals surface area contributed by atoms with Crippen LogP contribution in [0.1, 0.15) is 19.4 Å². The smallest absolute Gasteiger partial charge is 0.191 e. The molecule has 2 N–H and O–H groups in total. The topological polar surface area (TPSA) is 54.9 Å². The summed E-state index contributed by atoms with van der Waals surface area (Å²) in [7, 11) is 3.43. The quantitative estimate of drug-likeness (QED) is 0.437. The van der Waals surface area contributed by atoms with Crippen LogP contribution >= 0.6 is 0 Å². The van der Waals surface area contributed by atoms with Gasteiger partial charge in [-0.25, -0.2) is 0 Å². The zero-order valence-electron chi connectivity index (χ0n) is 13.5. The molecule has 0 atom stereocenters. The van der Waals surface area contributed by atoms with Gasteiger partial charge in [-0.3, -0.25) is 4.99 Å². The molecule has 0 bridgehead atoms. The van der Waals surface area contributed by atoms with Crippen LogP contribution in [-0.4, -0.2) is 39.9 Å². The second kappa shape index (κ2) is 10.0. The van der Waals surface area contributed by atoms with Crippen molar-refractivity contribution in [3.63, 3.8) is 0 Å². The molecule has 0 aromatic heterocycles. The van der Waals surface area contributed by atoms with Crippen LogP contribution in [-0.2, 0) is 11.3 Å². The zero-order valence-corrected chi connectivity index (χ0v) is 13.5. The van der Waals surface area contributed by atoms with E-state index >= 15 is 0 Å². The standard InChI is InChI=1S/C16H27N3O2/c1-13(2)12-21-15-8-6-5-7-14(15)11-19-16(17-3)18-9-10-20-4/h5-8,13H,9-12H2,1-4H3,(H2,17,18,19). The van der Waals surface area contributed by atoms with Gasteiger partial charge in [0.2, 0.25) is 0 Å². The number of rotatable bonds is 8. The van der Waals surface area contributed by atoms with Gasteiger partial charge in [-0.05, 0) is 12.0 Å². The molecule has 0 aliphatic rings. The second-order valence-corrected chi connectivity index (χ2v) is 5.16. The molecule has 21 heavy (non-hydrogen) atoms. The van der Waals surface area contributed by atoms with Crippen molar-refractivity contribution in [1.82, 2.24) is 10.6 Å². The molecule has 0 saturated carbocycles. The van der Waals surface area contributed by atoms with Crippen molar-refractivity contribution in [3.05, 3.63) is 29.8 Å². The molecule has 5 nitrogen and oxygen atoms in total. The van der Waals surface area contributed by atoms with Gasteiger partial charge in [0.15, 0.2) is 5.96 Å². The number of hydrogen-bond acceptors (Lipinski definition) is 3. The van der Waals surface area contributed by atoms with Gasteiger partial charge in [0.25, 0.3) is 0 Å². The lowest BCUT2D eigenvalue weighted by molar-refractivity contribution is 0.203. The fraction of sp³-hybridized carbons (Fsp3) is 0.562. The Balaban J connectivity index is 2.53. The van der Waals surface area contributed by atoms with Crippen LogP contribution in [0.5, 0.6) is 5.75 Å². The number of guanidine groups is 1. The lowest BCUT2D eigenvalue weighted by atomic mass is 10.2. The number of nitrogens with one attached hydrogen (secondary N) is 2. The number of methoxy groups -OCH3 is 1. The molecule has 0 saturated heterocycles. The molecule has 1 rings (SSSR count). The molecular weight excluding hydrogens is 266 g/mol. The van der Waals surface area contributed by atoms with Crippen LogP contribution in [0.3, 0.4) is 0 Å². The number of benzene rings is 1. The molecule has 0 aliphatic carbocycles. The van der Waals surface area contributed by atoms with Gasteiger partial charge in [-0.15, -0.1) is 0 Å². The number of para-hydroxylation sites is 1. The Labute approximate surface area is 127 Å². The third kappa shape index (κ3) is 6.99. The molecule has 1 aromatic rings. The predicted molar refractivity (Wildman–Crippen MR) is 86.9 cm³/mol. The van der Waals surface area contributed by atoms with Gasteiger partial charge in [-0.1, -0.05) is 32.0 Å². The summed E-state index contributed by atoms with van der Waals surface area (Å²) in [6.45, 7) is 7.04. The van der Waals surface area contributed by atoms with E-state index in [1.807, 2.05) is 18.2 Å². The summed E-state index contributed by atoms with van der Waals surface area (Å²) in [5, 5.41) is 6.46. The zero-order chi connectivity index (χ0) is 15.5. The molecule has 0 aliphatic heterocycles. The average molecular weight is 293 g/mol. The molecule has 0 amide bonds. The highest BCUT2D eigenvalue weighted by Crippen LogP contribution is 2.18. The molecular formula is C16H27N3O2. The minimum atomic E-state index is 0.509. The van der Waals surface area contributed by atoms with E-state index in [-0.39, 0.29) is 0 Å². The van der Waals surface area contributed by atoms with Gasteiger partial charge >= 0.3 is 0 Å². The van der Waals surface area contributed by atoms with E-state index in [1.165, 1.54) is 0 Å². The molecule has 0 radical (unpaired) electrons. The van der Waals surface area contributed by atoms with Crippen LogP contribution in [0.2, 0.25) is 0 Å². The normalized spacial score (nSPS) is 11.6. The van der Waals surface area contributed by atoms with E-state index in [4.69, 9.17) is 9.47 Å². The SMILES string of the molecule is CN=C(NCCOC)NCc1ccccc1OCC(C)C. The van der Waals surface area contributed by atoms with E-state index in [1.54, 1.807) is 14.2 Å². The lowest BCUT2D eigenvalue weighted by Crippen LogP contribution is -2.38. The van der Waals surface area contributed by atoms with Gasteiger partial charge in [0.1, 0.15) is 5.75 Å². The predicted octanol–water partition coefficient (Wildman–Crippen LogP) is 2.03. The Kier molecular flexibility index (Phi) is 8.28. The first-order valence-electron chi connectivity index (χ1n) is 7.31. The van der Waals surface area contributed by atoms with E-state index < -0.39 is 0 Å². The monoisotopic (exact) mass is 293 g/mol. The fourth-order valence-corrected chi connectivity index (χ4v) is 1.72. The highest BCUT2D eigenvalue weighted by Gasteiger charge is 2.05. The molecule has 0 fully saturated rings. The highest BCUT2D eigenvalue weighted by molar-refractivity contribution is 5.79. The molecule has 0 spiro atoms. The van der Waals surface area contributed by atoms with Crippen molar-refractivity contribution >= 4 is 5.96 Å². The van der Waals surface area contributed by atoms with E-state index in [9.17, 15) is 0 Å². The maximum atomic E-state index is 5.84. The van der Waals surface area contributed by atoms with Crippen LogP contribution in [0.4, 0.5) is 0 Å². The molecule has 118 valence electrons. The van der Waals surface area contributed by atoms with Gasteiger partial charge in [-0.2, -0.15) is 0 Å².